The molecule has 4 rings (SSSR count). The molecule has 148 valence electrons. The second kappa shape index (κ2) is 7.36. The molecule has 1 saturated heterocycles. The fourth-order valence-electron chi connectivity index (χ4n) is 3.35. The van der Waals surface area contributed by atoms with Crippen LogP contribution in [0.3, 0.4) is 0 Å². The highest BCUT2D eigenvalue weighted by atomic mass is 32.2. The molecule has 28 heavy (non-hydrogen) atoms. The van der Waals surface area contributed by atoms with E-state index in [2.05, 4.69) is 21.6 Å². The minimum absolute atomic E-state index is 0.132. The second-order valence-electron chi connectivity index (χ2n) is 6.76. The zero-order valence-electron chi connectivity index (χ0n) is 15.6. The first-order chi connectivity index (χ1) is 13.5. The van der Waals surface area contributed by atoms with Crippen molar-refractivity contribution >= 4 is 15.7 Å². The van der Waals surface area contributed by atoms with Gasteiger partial charge in [0.05, 0.1) is 11.9 Å². The maximum Gasteiger partial charge on any atom is 0.303 e. The van der Waals surface area contributed by atoms with Crippen LogP contribution in [0, 0.1) is 0 Å². The molecule has 1 fully saturated rings. The molecule has 0 aromatic carbocycles. The fourth-order valence-corrected chi connectivity index (χ4v) is 4.30. The molecular weight excluding hydrogens is 380 g/mol. The van der Waals surface area contributed by atoms with Gasteiger partial charge in [-0.1, -0.05) is 6.58 Å². The summed E-state index contributed by atoms with van der Waals surface area (Å²) in [6, 6.07) is 2.33. The molecular formula is C18H22N6O3S. The first-order valence-corrected chi connectivity index (χ1v) is 10.6. The Kier molecular flexibility index (Phi) is 4.90. The van der Waals surface area contributed by atoms with Crippen LogP contribution >= 0.6 is 0 Å². The zero-order chi connectivity index (χ0) is 19.7. The van der Waals surface area contributed by atoms with Gasteiger partial charge in [-0.2, -0.15) is 14.4 Å². The van der Waals surface area contributed by atoms with Gasteiger partial charge in [0.15, 0.2) is 0 Å². The number of hydrogen-bond donors (Lipinski definition) is 0. The predicted octanol–water partition coefficient (Wildman–Crippen LogP) is 1.84. The van der Waals surface area contributed by atoms with Crippen molar-refractivity contribution in [2.75, 3.05) is 13.1 Å². The molecule has 0 N–H and O–H groups in total. The lowest BCUT2D eigenvalue weighted by atomic mass is 10.2. The minimum atomic E-state index is -3.41. The Morgan fingerprint density at radius 2 is 2.18 bits per heavy atom. The van der Waals surface area contributed by atoms with Crippen molar-refractivity contribution in [3.8, 4) is 17.3 Å². The molecule has 0 spiro atoms. The number of ether oxygens (including phenoxy) is 1. The van der Waals surface area contributed by atoms with E-state index in [-0.39, 0.29) is 6.10 Å². The Balaban J connectivity index is 1.59. The summed E-state index contributed by atoms with van der Waals surface area (Å²) in [6.07, 6.45) is 9.04. The Hall–Kier alpha value is -2.72. The molecule has 0 radical (unpaired) electrons. The number of sulfonamides is 1. The lowest BCUT2D eigenvalue weighted by Gasteiger charge is -2.19. The van der Waals surface area contributed by atoms with Crippen LogP contribution in [0.25, 0.3) is 16.9 Å². The van der Waals surface area contributed by atoms with E-state index >= 15 is 0 Å². The highest BCUT2D eigenvalue weighted by Gasteiger charge is 2.25. The van der Waals surface area contributed by atoms with Gasteiger partial charge in [-0.05, 0) is 19.3 Å². The summed E-state index contributed by atoms with van der Waals surface area (Å²) < 4.78 is 35.3. The largest absolute Gasteiger partial charge is 0.461 e. The normalized spacial score (nSPS) is 18.8. The predicted molar refractivity (Wildman–Crippen MR) is 104 cm³/mol. The number of rotatable bonds is 5. The van der Waals surface area contributed by atoms with Gasteiger partial charge in [-0.15, -0.1) is 0 Å². The van der Waals surface area contributed by atoms with Gasteiger partial charge in [0.2, 0.25) is 10.0 Å². The molecule has 0 saturated carbocycles. The molecule has 9 nitrogen and oxygen atoms in total. The van der Waals surface area contributed by atoms with Gasteiger partial charge in [0.1, 0.15) is 11.8 Å². The van der Waals surface area contributed by atoms with Crippen LogP contribution in [0.2, 0.25) is 0 Å². The number of fused-ring (bicyclic) bond motifs is 1. The Morgan fingerprint density at radius 1 is 1.32 bits per heavy atom. The van der Waals surface area contributed by atoms with Crippen LogP contribution in [0.5, 0.6) is 6.01 Å². The van der Waals surface area contributed by atoms with Gasteiger partial charge < -0.3 is 4.74 Å². The smallest absolute Gasteiger partial charge is 0.303 e. The van der Waals surface area contributed by atoms with Gasteiger partial charge in [0, 0.05) is 55.8 Å². The molecule has 3 aromatic heterocycles. The van der Waals surface area contributed by atoms with Crippen LogP contribution in [0.4, 0.5) is 0 Å². The summed E-state index contributed by atoms with van der Waals surface area (Å²) in [5.74, 6) is 0. The van der Waals surface area contributed by atoms with Crippen molar-refractivity contribution in [3.63, 3.8) is 0 Å². The summed E-state index contributed by atoms with van der Waals surface area (Å²) in [4.78, 5) is 9.02. The highest BCUT2D eigenvalue weighted by molar-refractivity contribution is 7.92. The van der Waals surface area contributed by atoms with Crippen LogP contribution in [0.1, 0.15) is 19.3 Å². The van der Waals surface area contributed by atoms with Crippen molar-refractivity contribution < 1.29 is 13.2 Å². The number of imidazole rings is 1. The maximum atomic E-state index is 12.1. The summed E-state index contributed by atoms with van der Waals surface area (Å²) in [5.41, 5.74) is 2.33. The number of nitrogens with zero attached hydrogens (tertiary/aromatic N) is 6. The third-order valence-corrected chi connectivity index (χ3v) is 6.34. The average Bonchev–Trinajstić information content (AvgIpc) is 3.26. The summed E-state index contributed by atoms with van der Waals surface area (Å²) in [6.45, 7) is 4.27. The molecule has 0 aliphatic carbocycles. The highest BCUT2D eigenvalue weighted by Crippen LogP contribution is 2.25. The lowest BCUT2D eigenvalue weighted by Crippen LogP contribution is -2.31. The Bertz CT molecular complexity index is 1100. The molecule has 1 aliphatic heterocycles. The number of aromatic nitrogens is 5. The van der Waals surface area contributed by atoms with Crippen LogP contribution in [0.15, 0.2) is 42.8 Å². The monoisotopic (exact) mass is 402 g/mol. The van der Waals surface area contributed by atoms with E-state index in [1.54, 1.807) is 27.7 Å². The average molecular weight is 402 g/mol. The first kappa shape index (κ1) is 18.6. The van der Waals surface area contributed by atoms with Gasteiger partial charge >= 0.3 is 6.01 Å². The van der Waals surface area contributed by atoms with Crippen molar-refractivity contribution in [2.45, 2.75) is 25.4 Å². The molecule has 1 atom stereocenters. The summed E-state index contributed by atoms with van der Waals surface area (Å²) >= 11 is 0. The van der Waals surface area contributed by atoms with E-state index in [0.717, 1.165) is 28.7 Å². The summed E-state index contributed by atoms with van der Waals surface area (Å²) in [5, 5.41) is 5.20. The van der Waals surface area contributed by atoms with Gasteiger partial charge in [-0.3, -0.25) is 9.08 Å². The third-order valence-electron chi connectivity index (χ3n) is 4.83. The van der Waals surface area contributed by atoms with E-state index in [4.69, 9.17) is 4.74 Å². The van der Waals surface area contributed by atoms with Crippen molar-refractivity contribution in [1.29, 1.82) is 0 Å². The third kappa shape index (κ3) is 3.65. The lowest BCUT2D eigenvalue weighted by molar-refractivity contribution is 0.168. The molecule has 1 aliphatic rings. The SMILES string of the molecule is C=CS(=O)(=O)N1CCC[C@@H](Oc2nc(-c3cnn(C)c3)cc3nccn23)CC1. The Morgan fingerprint density at radius 3 is 2.93 bits per heavy atom. The molecule has 4 heterocycles. The van der Waals surface area contributed by atoms with Crippen LogP contribution in [-0.4, -0.2) is 56.1 Å². The van der Waals surface area contributed by atoms with E-state index in [9.17, 15) is 8.42 Å². The topological polar surface area (TPSA) is 94.6 Å². The molecule has 3 aromatic rings. The fraction of sp³-hybridized carbons (Fsp3) is 0.389. The van der Waals surface area contributed by atoms with Gasteiger partial charge in [0.25, 0.3) is 0 Å². The molecule has 0 bridgehead atoms. The number of aryl methyl sites for hydroxylation is 1. The van der Waals surface area contributed by atoms with E-state index in [0.29, 0.717) is 31.9 Å². The van der Waals surface area contributed by atoms with Gasteiger partial charge in [-0.25, -0.2) is 13.4 Å². The van der Waals surface area contributed by atoms with Crippen LogP contribution in [-0.2, 0) is 17.1 Å². The van der Waals surface area contributed by atoms with Crippen LogP contribution < -0.4 is 4.74 Å². The number of hydrogen-bond acceptors (Lipinski definition) is 6. The quantitative estimate of drug-likeness (QED) is 0.646. The van der Waals surface area contributed by atoms with Crippen molar-refractivity contribution in [3.05, 3.63) is 42.8 Å². The Labute approximate surface area is 163 Å². The van der Waals surface area contributed by atoms with Crippen molar-refractivity contribution in [2.24, 2.45) is 7.05 Å². The first-order valence-electron chi connectivity index (χ1n) is 9.08. The standard InChI is InChI=1S/C18H22N6O3S/c1-3-28(25,26)23-8-4-5-15(6-9-23)27-18-21-16(14-12-20-22(2)13-14)11-17-19-7-10-24(17)18/h3,7,10-13,15H,1,4-6,8-9H2,2H3/t15-/m1/s1. The maximum absolute atomic E-state index is 12.1. The second-order valence-corrected chi connectivity index (χ2v) is 8.64. The molecule has 0 unspecified atom stereocenters. The van der Waals surface area contributed by atoms with E-state index < -0.39 is 10.0 Å². The van der Waals surface area contributed by atoms with E-state index in [1.807, 2.05) is 19.3 Å². The molecule has 10 heteroatoms. The summed E-state index contributed by atoms with van der Waals surface area (Å²) in [7, 11) is -1.55. The van der Waals surface area contributed by atoms with E-state index in [1.165, 1.54) is 4.31 Å². The van der Waals surface area contributed by atoms with Crippen molar-refractivity contribution in [1.82, 2.24) is 28.5 Å². The minimum Gasteiger partial charge on any atom is -0.461 e. The zero-order valence-corrected chi connectivity index (χ0v) is 16.4. The molecule has 0 amide bonds.